The lowest BCUT2D eigenvalue weighted by Crippen LogP contribution is -2.31. The highest BCUT2D eigenvalue weighted by Gasteiger charge is 2.36. The van der Waals surface area contributed by atoms with Crippen molar-refractivity contribution < 1.29 is 9.53 Å². The molecule has 0 bridgehead atoms. The first-order valence-electron chi connectivity index (χ1n) is 10.9. The van der Waals surface area contributed by atoms with Crippen molar-refractivity contribution in [3.63, 3.8) is 0 Å². The maximum atomic E-state index is 13.6. The molecule has 8 heteroatoms. The number of hydrogen-bond donors (Lipinski definition) is 2. The van der Waals surface area contributed by atoms with E-state index in [2.05, 4.69) is 15.6 Å². The second-order valence-electron chi connectivity index (χ2n) is 8.08. The number of ether oxygens (including phenoxy) is 1. The van der Waals surface area contributed by atoms with Crippen LogP contribution >= 0.6 is 0 Å². The summed E-state index contributed by atoms with van der Waals surface area (Å²) in [6.45, 7) is 3.90. The Hall–Kier alpha value is -4.46. The van der Waals surface area contributed by atoms with Gasteiger partial charge in [-0.2, -0.15) is 4.98 Å². The van der Waals surface area contributed by atoms with Crippen molar-refractivity contribution in [3.8, 4) is 17.1 Å². The zero-order valence-corrected chi connectivity index (χ0v) is 19.1. The predicted octanol–water partition coefficient (Wildman–Crippen LogP) is 4.58. The van der Waals surface area contributed by atoms with Gasteiger partial charge in [-0.3, -0.25) is 9.78 Å². The summed E-state index contributed by atoms with van der Waals surface area (Å²) < 4.78 is 7.41. The highest BCUT2D eigenvalue weighted by Crippen LogP contribution is 2.40. The summed E-state index contributed by atoms with van der Waals surface area (Å²) in [6, 6.07) is 18.7. The van der Waals surface area contributed by atoms with Crippen LogP contribution < -0.4 is 15.4 Å². The maximum absolute atomic E-state index is 13.6. The van der Waals surface area contributed by atoms with Crippen LogP contribution in [0.3, 0.4) is 0 Å². The SMILES string of the molecule is COc1ccccc1C1C(C(=O)Nc2cccnc2)=C(C)Nc2nc(-c3cccc(C)c3)nn21. The molecule has 1 aliphatic heterocycles. The first-order chi connectivity index (χ1) is 16.5. The summed E-state index contributed by atoms with van der Waals surface area (Å²) >= 11 is 0. The molecular weight excluding hydrogens is 428 g/mol. The fraction of sp³-hybridized carbons (Fsp3) is 0.154. The van der Waals surface area contributed by atoms with E-state index in [9.17, 15) is 4.79 Å². The van der Waals surface area contributed by atoms with Gasteiger partial charge in [-0.05, 0) is 38.1 Å². The van der Waals surface area contributed by atoms with E-state index in [-0.39, 0.29) is 5.91 Å². The number of methoxy groups -OCH3 is 1. The largest absolute Gasteiger partial charge is 0.496 e. The molecule has 2 aromatic carbocycles. The Bertz CT molecular complexity index is 1390. The van der Waals surface area contributed by atoms with E-state index in [0.717, 1.165) is 16.7 Å². The Labute approximate surface area is 197 Å². The second kappa shape index (κ2) is 8.82. The van der Waals surface area contributed by atoms with Crippen LogP contribution in [0.1, 0.15) is 24.1 Å². The number of benzene rings is 2. The molecule has 1 unspecified atom stereocenters. The molecule has 4 aromatic rings. The standard InChI is InChI=1S/C26H24N6O2/c1-16-8-6-9-18(14-16)24-30-26-28-17(2)22(25(33)29-19-10-7-13-27-15-19)23(32(26)31-24)20-11-4-5-12-21(20)34-3/h4-15,23H,1-3H3,(H,29,33)(H,28,30,31). The lowest BCUT2D eigenvalue weighted by Gasteiger charge is -2.29. The van der Waals surface area contributed by atoms with E-state index in [1.807, 2.05) is 62.4 Å². The number of carbonyl (C=O) groups is 1. The van der Waals surface area contributed by atoms with Gasteiger partial charge >= 0.3 is 0 Å². The van der Waals surface area contributed by atoms with Crippen LogP contribution in [0.15, 0.2) is 84.3 Å². The molecule has 2 N–H and O–H groups in total. The van der Waals surface area contributed by atoms with Gasteiger partial charge in [0.2, 0.25) is 5.95 Å². The maximum Gasteiger partial charge on any atom is 0.255 e. The first-order valence-corrected chi connectivity index (χ1v) is 10.9. The van der Waals surface area contributed by atoms with Gasteiger partial charge < -0.3 is 15.4 Å². The minimum absolute atomic E-state index is 0.257. The van der Waals surface area contributed by atoms with Crippen LogP contribution in [0.2, 0.25) is 0 Å². The molecule has 170 valence electrons. The summed E-state index contributed by atoms with van der Waals surface area (Å²) in [5.74, 6) is 1.54. The average Bonchev–Trinajstić information content (AvgIpc) is 3.27. The van der Waals surface area contributed by atoms with E-state index >= 15 is 0 Å². The summed E-state index contributed by atoms with van der Waals surface area (Å²) in [7, 11) is 1.62. The average molecular weight is 453 g/mol. The van der Waals surface area contributed by atoms with Gasteiger partial charge in [0.05, 0.1) is 24.6 Å². The number of allylic oxidation sites excluding steroid dienone is 1. The van der Waals surface area contributed by atoms with E-state index in [0.29, 0.717) is 34.5 Å². The van der Waals surface area contributed by atoms with E-state index in [1.54, 1.807) is 36.3 Å². The smallest absolute Gasteiger partial charge is 0.255 e. The molecule has 0 fully saturated rings. The van der Waals surface area contributed by atoms with Crippen molar-refractivity contribution in [2.24, 2.45) is 0 Å². The third-order valence-electron chi connectivity index (χ3n) is 5.73. The molecule has 5 rings (SSSR count). The number of carbonyl (C=O) groups excluding carboxylic acids is 1. The van der Waals surface area contributed by atoms with Gasteiger partial charge in [0.1, 0.15) is 11.8 Å². The molecule has 1 atom stereocenters. The number of aryl methyl sites for hydroxylation is 1. The lowest BCUT2D eigenvalue weighted by atomic mass is 9.94. The Balaban J connectivity index is 1.64. The van der Waals surface area contributed by atoms with Crippen LogP contribution in [0, 0.1) is 6.92 Å². The molecule has 1 aliphatic rings. The highest BCUT2D eigenvalue weighted by molar-refractivity contribution is 6.06. The summed E-state index contributed by atoms with van der Waals surface area (Å²) in [5.41, 5.74) is 4.64. The predicted molar refractivity (Wildman–Crippen MR) is 131 cm³/mol. The van der Waals surface area contributed by atoms with Crippen molar-refractivity contribution in [1.82, 2.24) is 19.7 Å². The number of hydrogen-bond acceptors (Lipinski definition) is 6. The number of aromatic nitrogens is 4. The number of rotatable bonds is 5. The molecule has 0 spiro atoms. The fourth-order valence-corrected chi connectivity index (χ4v) is 4.17. The van der Waals surface area contributed by atoms with Gasteiger partial charge in [0.15, 0.2) is 5.82 Å². The Morgan fingerprint density at radius 3 is 2.71 bits per heavy atom. The van der Waals surface area contributed by atoms with Gasteiger partial charge in [0.25, 0.3) is 5.91 Å². The molecule has 8 nitrogen and oxygen atoms in total. The van der Waals surface area contributed by atoms with E-state index in [1.165, 1.54) is 0 Å². The van der Waals surface area contributed by atoms with Crippen molar-refractivity contribution in [2.75, 3.05) is 17.7 Å². The van der Waals surface area contributed by atoms with E-state index in [4.69, 9.17) is 14.8 Å². The quantitative estimate of drug-likeness (QED) is 0.460. The zero-order valence-electron chi connectivity index (χ0n) is 19.1. The normalized spacial score (nSPS) is 14.9. The molecule has 0 radical (unpaired) electrons. The summed E-state index contributed by atoms with van der Waals surface area (Å²) in [6.07, 6.45) is 3.27. The number of amides is 1. The number of nitrogens with zero attached hydrogens (tertiary/aromatic N) is 4. The topological polar surface area (TPSA) is 94.0 Å². The molecule has 0 aliphatic carbocycles. The van der Waals surface area contributed by atoms with Crippen molar-refractivity contribution in [1.29, 1.82) is 0 Å². The van der Waals surface area contributed by atoms with Gasteiger partial charge in [-0.15, -0.1) is 5.10 Å². The third kappa shape index (κ3) is 3.90. The van der Waals surface area contributed by atoms with Crippen molar-refractivity contribution in [2.45, 2.75) is 19.9 Å². The molecular formula is C26H24N6O2. The minimum Gasteiger partial charge on any atom is -0.496 e. The third-order valence-corrected chi connectivity index (χ3v) is 5.73. The lowest BCUT2D eigenvalue weighted by molar-refractivity contribution is -0.113. The number of fused-ring (bicyclic) bond motifs is 1. The highest BCUT2D eigenvalue weighted by atomic mass is 16.5. The summed E-state index contributed by atoms with van der Waals surface area (Å²) in [5, 5.41) is 11.1. The molecule has 1 amide bonds. The van der Waals surface area contributed by atoms with Crippen LogP contribution in [-0.2, 0) is 4.79 Å². The molecule has 0 saturated carbocycles. The van der Waals surface area contributed by atoms with Crippen LogP contribution in [-0.4, -0.2) is 32.8 Å². The van der Waals surface area contributed by atoms with Gasteiger partial charge in [-0.25, -0.2) is 4.68 Å². The number of pyridine rings is 1. The summed E-state index contributed by atoms with van der Waals surface area (Å²) in [4.78, 5) is 22.4. The van der Waals surface area contributed by atoms with Crippen LogP contribution in [0.5, 0.6) is 5.75 Å². The number of para-hydroxylation sites is 1. The van der Waals surface area contributed by atoms with Gasteiger partial charge in [-0.1, -0.05) is 42.0 Å². The molecule has 3 heterocycles. The molecule has 2 aromatic heterocycles. The minimum atomic E-state index is -0.546. The Kier molecular flexibility index (Phi) is 5.55. The zero-order chi connectivity index (χ0) is 23.7. The Morgan fingerprint density at radius 2 is 1.94 bits per heavy atom. The first kappa shape index (κ1) is 21.4. The van der Waals surface area contributed by atoms with E-state index < -0.39 is 6.04 Å². The van der Waals surface area contributed by atoms with Crippen molar-refractivity contribution >= 4 is 17.5 Å². The molecule has 34 heavy (non-hydrogen) atoms. The second-order valence-corrected chi connectivity index (χ2v) is 8.08. The van der Waals surface area contributed by atoms with Gasteiger partial charge in [0, 0.05) is 23.0 Å². The van der Waals surface area contributed by atoms with Crippen LogP contribution in [0.25, 0.3) is 11.4 Å². The number of nitrogens with one attached hydrogen (secondary N) is 2. The fourth-order valence-electron chi connectivity index (χ4n) is 4.17. The monoisotopic (exact) mass is 452 g/mol. The Morgan fingerprint density at radius 1 is 1.09 bits per heavy atom. The number of anilines is 2. The van der Waals surface area contributed by atoms with Crippen LogP contribution in [0.4, 0.5) is 11.6 Å². The molecule has 0 saturated heterocycles. The van der Waals surface area contributed by atoms with Crippen molar-refractivity contribution in [3.05, 3.63) is 95.5 Å².